The molecule has 1 atom stereocenters. The topological polar surface area (TPSA) is 101 Å². The highest BCUT2D eigenvalue weighted by atomic mass is 32.2. The highest BCUT2D eigenvalue weighted by Gasteiger charge is 2.15. The van der Waals surface area contributed by atoms with Crippen molar-refractivity contribution in [3.05, 3.63) is 48.3 Å². The van der Waals surface area contributed by atoms with Crippen molar-refractivity contribution in [2.45, 2.75) is 17.4 Å². The Kier molecular flexibility index (Phi) is 4.31. The van der Waals surface area contributed by atoms with Gasteiger partial charge in [0.05, 0.1) is 6.20 Å². The van der Waals surface area contributed by atoms with Gasteiger partial charge in [0.2, 0.25) is 10.0 Å². The van der Waals surface area contributed by atoms with Gasteiger partial charge in [0.1, 0.15) is 4.90 Å². The highest BCUT2D eigenvalue weighted by molar-refractivity contribution is 7.89. The number of hydrogen-bond acceptors (Lipinski definition) is 4. The number of rotatable bonds is 6. The summed E-state index contributed by atoms with van der Waals surface area (Å²) in [7, 11) is -3.49. The summed E-state index contributed by atoms with van der Waals surface area (Å²) in [5.41, 5.74) is 6.98. The van der Waals surface area contributed by atoms with Crippen LogP contribution in [-0.2, 0) is 10.0 Å². The van der Waals surface area contributed by atoms with Gasteiger partial charge < -0.3 is 5.73 Å². The van der Waals surface area contributed by atoms with Gasteiger partial charge in [-0.25, -0.2) is 13.1 Å². The minimum Gasteiger partial charge on any atom is -0.324 e. The summed E-state index contributed by atoms with van der Waals surface area (Å²) in [6.07, 6.45) is 3.13. The molecule has 7 heteroatoms. The van der Waals surface area contributed by atoms with Crippen molar-refractivity contribution in [3.8, 4) is 0 Å². The lowest BCUT2D eigenvalue weighted by atomic mass is 10.1. The van der Waals surface area contributed by atoms with E-state index in [1.54, 1.807) is 0 Å². The molecule has 0 spiro atoms. The molecule has 4 N–H and O–H groups in total. The van der Waals surface area contributed by atoms with Crippen LogP contribution in [0.15, 0.2) is 47.6 Å². The predicted octanol–water partition coefficient (Wildman–Crippen LogP) is 0.778. The van der Waals surface area contributed by atoms with Crippen LogP contribution in [0.2, 0.25) is 0 Å². The number of benzene rings is 1. The fraction of sp³-hybridized carbons (Fsp3) is 0.250. The van der Waals surface area contributed by atoms with Crippen LogP contribution in [-0.4, -0.2) is 25.2 Å². The van der Waals surface area contributed by atoms with E-state index < -0.39 is 10.0 Å². The minimum absolute atomic E-state index is 0.126. The summed E-state index contributed by atoms with van der Waals surface area (Å²) < 4.78 is 26.1. The van der Waals surface area contributed by atoms with Crippen LogP contribution in [0.5, 0.6) is 0 Å². The number of aromatic nitrogens is 2. The van der Waals surface area contributed by atoms with Crippen molar-refractivity contribution in [1.29, 1.82) is 0 Å². The van der Waals surface area contributed by atoms with Gasteiger partial charge in [-0.1, -0.05) is 30.3 Å². The lowest BCUT2D eigenvalue weighted by Crippen LogP contribution is -2.27. The zero-order chi connectivity index (χ0) is 13.7. The Morgan fingerprint density at radius 2 is 2.05 bits per heavy atom. The fourth-order valence-electron chi connectivity index (χ4n) is 1.69. The van der Waals surface area contributed by atoms with Gasteiger partial charge in [0.15, 0.2) is 0 Å². The van der Waals surface area contributed by atoms with Crippen molar-refractivity contribution in [2.24, 2.45) is 5.73 Å². The van der Waals surface area contributed by atoms with Gasteiger partial charge in [-0.2, -0.15) is 5.10 Å². The first-order valence-corrected chi connectivity index (χ1v) is 7.37. The van der Waals surface area contributed by atoms with Crippen molar-refractivity contribution in [2.75, 3.05) is 6.54 Å². The smallest absolute Gasteiger partial charge is 0.243 e. The van der Waals surface area contributed by atoms with Gasteiger partial charge in [-0.05, 0) is 12.0 Å². The highest BCUT2D eigenvalue weighted by Crippen LogP contribution is 2.13. The van der Waals surface area contributed by atoms with Crippen LogP contribution in [0.25, 0.3) is 0 Å². The van der Waals surface area contributed by atoms with Gasteiger partial charge in [-0.15, -0.1) is 0 Å². The third kappa shape index (κ3) is 3.63. The van der Waals surface area contributed by atoms with Crippen LogP contribution >= 0.6 is 0 Å². The van der Waals surface area contributed by atoms with Crippen molar-refractivity contribution < 1.29 is 8.42 Å². The van der Waals surface area contributed by atoms with E-state index in [0.717, 1.165) is 5.56 Å². The van der Waals surface area contributed by atoms with E-state index in [0.29, 0.717) is 6.42 Å². The van der Waals surface area contributed by atoms with Crippen molar-refractivity contribution in [3.63, 3.8) is 0 Å². The third-order valence-corrected chi connectivity index (χ3v) is 4.19. The second kappa shape index (κ2) is 5.96. The molecule has 1 aromatic heterocycles. The molecule has 2 aromatic rings. The van der Waals surface area contributed by atoms with Gasteiger partial charge in [0, 0.05) is 18.8 Å². The Labute approximate surface area is 112 Å². The van der Waals surface area contributed by atoms with E-state index in [1.807, 2.05) is 30.3 Å². The molecule has 19 heavy (non-hydrogen) atoms. The lowest BCUT2D eigenvalue weighted by molar-refractivity contribution is 0.569. The molecule has 102 valence electrons. The van der Waals surface area contributed by atoms with Crippen molar-refractivity contribution in [1.82, 2.24) is 14.9 Å². The molecule has 0 saturated carbocycles. The normalized spacial score (nSPS) is 13.3. The molecule has 0 bridgehead atoms. The maximum Gasteiger partial charge on any atom is 0.243 e. The number of hydrogen-bond donors (Lipinski definition) is 3. The van der Waals surface area contributed by atoms with Gasteiger partial charge in [-0.3, -0.25) is 5.10 Å². The number of aromatic amines is 1. The summed E-state index contributed by atoms with van der Waals surface area (Å²) in [6.45, 7) is 0.281. The summed E-state index contributed by atoms with van der Waals surface area (Å²) in [5, 5.41) is 6.08. The largest absolute Gasteiger partial charge is 0.324 e. The molecule has 0 aliphatic rings. The number of nitrogens with one attached hydrogen (secondary N) is 2. The summed E-state index contributed by atoms with van der Waals surface area (Å²) >= 11 is 0. The minimum atomic E-state index is -3.49. The molecule has 0 radical (unpaired) electrons. The quantitative estimate of drug-likeness (QED) is 0.727. The summed E-state index contributed by atoms with van der Waals surface area (Å²) in [5.74, 6) is 0. The second-order valence-electron chi connectivity index (χ2n) is 4.14. The second-order valence-corrected chi connectivity index (χ2v) is 5.90. The first-order valence-electron chi connectivity index (χ1n) is 5.88. The number of H-pyrrole nitrogens is 1. The Bertz CT molecular complexity index is 596. The summed E-state index contributed by atoms with van der Waals surface area (Å²) in [6, 6.07) is 9.39. The molecular weight excluding hydrogens is 264 g/mol. The van der Waals surface area contributed by atoms with E-state index in [1.165, 1.54) is 12.4 Å². The monoisotopic (exact) mass is 280 g/mol. The number of nitrogens with zero attached hydrogens (tertiary/aromatic N) is 1. The molecule has 0 aliphatic heterocycles. The molecule has 0 fully saturated rings. The average Bonchev–Trinajstić information content (AvgIpc) is 2.94. The van der Waals surface area contributed by atoms with Crippen LogP contribution in [0.1, 0.15) is 18.0 Å². The molecule has 2 rings (SSSR count). The Hall–Kier alpha value is -1.70. The molecule has 0 amide bonds. The lowest BCUT2D eigenvalue weighted by Gasteiger charge is -2.12. The van der Waals surface area contributed by atoms with E-state index in [9.17, 15) is 8.42 Å². The maximum absolute atomic E-state index is 11.8. The molecule has 1 aromatic carbocycles. The zero-order valence-electron chi connectivity index (χ0n) is 10.3. The van der Waals surface area contributed by atoms with Crippen LogP contribution in [0.3, 0.4) is 0 Å². The fourth-order valence-corrected chi connectivity index (χ4v) is 2.64. The van der Waals surface area contributed by atoms with E-state index in [4.69, 9.17) is 5.73 Å². The molecule has 6 nitrogen and oxygen atoms in total. The summed E-state index contributed by atoms with van der Waals surface area (Å²) in [4.78, 5) is 0.126. The molecule has 0 aliphatic carbocycles. The zero-order valence-corrected chi connectivity index (χ0v) is 11.1. The maximum atomic E-state index is 11.8. The van der Waals surface area contributed by atoms with Gasteiger partial charge in [0.25, 0.3) is 0 Å². The first kappa shape index (κ1) is 13.7. The molecular formula is C12H16N4O2S. The molecule has 1 heterocycles. The van der Waals surface area contributed by atoms with Gasteiger partial charge >= 0.3 is 0 Å². The van der Waals surface area contributed by atoms with E-state index in [-0.39, 0.29) is 17.5 Å². The predicted molar refractivity (Wildman–Crippen MR) is 71.8 cm³/mol. The Balaban J connectivity index is 1.87. The standard InChI is InChI=1S/C12H16N4O2S/c13-12(10-4-2-1-3-5-10)6-7-16-19(17,18)11-8-14-15-9-11/h1-5,8-9,12,16H,6-7,13H2,(H,14,15). The number of sulfonamides is 1. The van der Waals surface area contributed by atoms with E-state index in [2.05, 4.69) is 14.9 Å². The molecule has 0 saturated heterocycles. The Morgan fingerprint density at radius 3 is 2.68 bits per heavy atom. The Morgan fingerprint density at radius 1 is 1.32 bits per heavy atom. The van der Waals surface area contributed by atoms with E-state index >= 15 is 0 Å². The first-order chi connectivity index (χ1) is 9.09. The SMILES string of the molecule is NC(CCNS(=O)(=O)c1cn[nH]c1)c1ccccc1. The van der Waals surface area contributed by atoms with Crippen LogP contribution in [0, 0.1) is 0 Å². The van der Waals surface area contributed by atoms with Crippen molar-refractivity contribution >= 4 is 10.0 Å². The third-order valence-electron chi connectivity index (χ3n) is 2.76. The van der Waals surface area contributed by atoms with Crippen LogP contribution in [0.4, 0.5) is 0 Å². The van der Waals surface area contributed by atoms with Crippen LogP contribution < -0.4 is 10.5 Å². The molecule has 1 unspecified atom stereocenters. The average molecular weight is 280 g/mol. The number of nitrogens with two attached hydrogens (primary N) is 1.